The van der Waals surface area contributed by atoms with Crippen molar-refractivity contribution in [2.45, 2.75) is 13.0 Å². The van der Waals surface area contributed by atoms with Gasteiger partial charge >= 0.3 is 0 Å². The molecule has 0 amide bonds. The van der Waals surface area contributed by atoms with Gasteiger partial charge in [-0.1, -0.05) is 12.1 Å². The molecule has 0 spiro atoms. The predicted molar refractivity (Wildman–Crippen MR) is 73.3 cm³/mol. The molecule has 3 aromatic rings. The van der Waals surface area contributed by atoms with Crippen molar-refractivity contribution in [1.29, 1.82) is 0 Å². The third-order valence-corrected chi connectivity index (χ3v) is 3.43. The first-order valence-corrected chi connectivity index (χ1v) is 6.26. The van der Waals surface area contributed by atoms with Gasteiger partial charge in [0.2, 0.25) is 0 Å². The van der Waals surface area contributed by atoms with E-state index < -0.39 is 6.04 Å². The number of benzene rings is 2. The van der Waals surface area contributed by atoms with Gasteiger partial charge in [0.05, 0.1) is 6.04 Å². The average Bonchev–Trinajstić information content (AvgIpc) is 2.75. The van der Waals surface area contributed by atoms with Crippen LogP contribution in [0.3, 0.4) is 0 Å². The monoisotopic (exact) mass is 273 g/mol. The van der Waals surface area contributed by atoms with Crippen LogP contribution in [-0.2, 0) is 0 Å². The number of halogens is 2. The normalized spacial score (nSPS) is 12.8. The van der Waals surface area contributed by atoms with Crippen LogP contribution in [0.25, 0.3) is 11.0 Å². The molecule has 0 aliphatic rings. The summed E-state index contributed by atoms with van der Waals surface area (Å²) in [5, 5.41) is 0.687. The van der Waals surface area contributed by atoms with E-state index in [1.807, 2.05) is 6.92 Å². The van der Waals surface area contributed by atoms with Crippen molar-refractivity contribution >= 4 is 11.0 Å². The Morgan fingerprint density at radius 3 is 2.55 bits per heavy atom. The average molecular weight is 273 g/mol. The van der Waals surface area contributed by atoms with Crippen molar-refractivity contribution in [3.05, 3.63) is 71.0 Å². The Morgan fingerprint density at radius 1 is 1.05 bits per heavy atom. The number of aryl methyl sites for hydroxylation is 1. The molecule has 0 saturated heterocycles. The summed E-state index contributed by atoms with van der Waals surface area (Å²) < 4.78 is 32.2. The van der Waals surface area contributed by atoms with E-state index in [0.29, 0.717) is 22.3 Å². The highest BCUT2D eigenvalue weighted by atomic mass is 19.1. The lowest BCUT2D eigenvalue weighted by Crippen LogP contribution is -2.12. The largest absolute Gasteiger partial charge is 0.459 e. The molecule has 0 radical (unpaired) electrons. The molecule has 0 bridgehead atoms. The van der Waals surface area contributed by atoms with Crippen LogP contribution in [0.2, 0.25) is 0 Å². The van der Waals surface area contributed by atoms with Crippen LogP contribution in [0, 0.1) is 18.6 Å². The summed E-state index contributed by atoms with van der Waals surface area (Å²) in [5.74, 6) is -0.152. The van der Waals surface area contributed by atoms with Crippen LogP contribution in [-0.4, -0.2) is 0 Å². The fourth-order valence-corrected chi connectivity index (χ4v) is 2.36. The minimum Gasteiger partial charge on any atom is -0.459 e. The van der Waals surface area contributed by atoms with Crippen molar-refractivity contribution in [1.82, 2.24) is 0 Å². The minimum atomic E-state index is -0.582. The first-order valence-electron chi connectivity index (χ1n) is 6.26. The Bertz CT molecular complexity index is 779. The van der Waals surface area contributed by atoms with E-state index in [-0.39, 0.29) is 11.6 Å². The fourth-order valence-electron chi connectivity index (χ4n) is 2.36. The van der Waals surface area contributed by atoms with Gasteiger partial charge in [-0.2, -0.15) is 0 Å². The number of rotatable bonds is 2. The highest BCUT2D eigenvalue weighted by molar-refractivity contribution is 5.82. The summed E-state index contributed by atoms with van der Waals surface area (Å²) in [6.45, 7) is 1.82. The zero-order valence-electron chi connectivity index (χ0n) is 10.9. The van der Waals surface area contributed by atoms with Gasteiger partial charge < -0.3 is 10.2 Å². The molecule has 1 atom stereocenters. The van der Waals surface area contributed by atoms with E-state index >= 15 is 0 Å². The minimum absolute atomic E-state index is 0.327. The van der Waals surface area contributed by atoms with Gasteiger partial charge in [-0.15, -0.1) is 0 Å². The summed E-state index contributed by atoms with van der Waals surface area (Å²) in [4.78, 5) is 0. The highest BCUT2D eigenvalue weighted by Crippen LogP contribution is 2.32. The second kappa shape index (κ2) is 4.72. The van der Waals surface area contributed by atoms with Gasteiger partial charge in [-0.3, -0.25) is 0 Å². The smallest absolute Gasteiger partial charge is 0.134 e. The summed E-state index contributed by atoms with van der Waals surface area (Å²) in [6.07, 6.45) is 0. The maximum absolute atomic E-state index is 13.3. The van der Waals surface area contributed by atoms with Crippen molar-refractivity contribution in [3.63, 3.8) is 0 Å². The molecule has 2 aromatic carbocycles. The Hall–Kier alpha value is -2.20. The number of fused-ring (bicyclic) bond motifs is 1. The van der Waals surface area contributed by atoms with Gasteiger partial charge in [0.25, 0.3) is 0 Å². The van der Waals surface area contributed by atoms with Crippen LogP contribution in [0.5, 0.6) is 0 Å². The highest BCUT2D eigenvalue weighted by Gasteiger charge is 2.19. The van der Waals surface area contributed by atoms with E-state index in [2.05, 4.69) is 0 Å². The molecule has 1 unspecified atom stereocenters. The molecule has 20 heavy (non-hydrogen) atoms. The molecule has 102 valence electrons. The predicted octanol–water partition coefficient (Wildman–Crippen LogP) is 4.07. The van der Waals surface area contributed by atoms with Crippen LogP contribution in [0.4, 0.5) is 8.78 Å². The van der Waals surface area contributed by atoms with E-state index in [1.54, 1.807) is 18.2 Å². The maximum atomic E-state index is 13.3. The lowest BCUT2D eigenvalue weighted by molar-refractivity contribution is 0.519. The molecule has 0 fully saturated rings. The van der Waals surface area contributed by atoms with Crippen LogP contribution in [0.1, 0.15) is 22.9 Å². The summed E-state index contributed by atoms with van der Waals surface area (Å²) in [6, 6.07) is 9.80. The van der Waals surface area contributed by atoms with Crippen molar-refractivity contribution in [3.8, 4) is 0 Å². The van der Waals surface area contributed by atoms with Gasteiger partial charge in [-0.25, -0.2) is 8.78 Å². The SMILES string of the molecule is Cc1c(C(N)c2cccc(F)c2)oc2ccc(F)cc12. The standard InChI is InChI=1S/C16H13F2NO/c1-9-13-8-12(18)5-6-14(13)20-16(9)15(19)10-3-2-4-11(17)7-10/h2-8,15H,19H2,1H3. The van der Waals surface area contributed by atoms with Crippen molar-refractivity contribution in [2.75, 3.05) is 0 Å². The molecular formula is C16H13F2NO. The third-order valence-electron chi connectivity index (χ3n) is 3.43. The molecule has 4 heteroatoms. The summed E-state index contributed by atoms with van der Waals surface area (Å²) in [7, 11) is 0. The quantitative estimate of drug-likeness (QED) is 0.764. The Balaban J connectivity index is 2.12. The van der Waals surface area contributed by atoms with Gasteiger partial charge in [-0.05, 0) is 42.8 Å². The Labute approximate surface area is 114 Å². The van der Waals surface area contributed by atoms with E-state index in [9.17, 15) is 8.78 Å². The topological polar surface area (TPSA) is 39.2 Å². The molecule has 3 rings (SSSR count). The van der Waals surface area contributed by atoms with Gasteiger partial charge in [0, 0.05) is 10.9 Å². The molecule has 2 nitrogen and oxygen atoms in total. The molecule has 2 N–H and O–H groups in total. The van der Waals surface area contributed by atoms with Gasteiger partial charge in [0.1, 0.15) is 23.0 Å². The molecular weight excluding hydrogens is 260 g/mol. The first kappa shape index (κ1) is 12.8. The maximum Gasteiger partial charge on any atom is 0.134 e. The molecule has 0 aliphatic carbocycles. The second-order valence-corrected chi connectivity index (χ2v) is 4.76. The number of hydrogen-bond acceptors (Lipinski definition) is 2. The lowest BCUT2D eigenvalue weighted by atomic mass is 10.0. The molecule has 0 saturated carbocycles. The number of hydrogen-bond donors (Lipinski definition) is 1. The van der Waals surface area contributed by atoms with Crippen LogP contribution < -0.4 is 5.73 Å². The van der Waals surface area contributed by atoms with Crippen LogP contribution in [0.15, 0.2) is 46.9 Å². The van der Waals surface area contributed by atoms with Gasteiger partial charge in [0.15, 0.2) is 0 Å². The second-order valence-electron chi connectivity index (χ2n) is 4.76. The summed E-state index contributed by atoms with van der Waals surface area (Å²) in [5.41, 5.74) is 8.10. The van der Waals surface area contributed by atoms with E-state index in [4.69, 9.17) is 10.2 Å². The Kier molecular flexibility index (Phi) is 3.03. The molecule has 0 aliphatic heterocycles. The van der Waals surface area contributed by atoms with Crippen molar-refractivity contribution in [2.24, 2.45) is 5.73 Å². The first-order chi connectivity index (χ1) is 9.56. The zero-order valence-corrected chi connectivity index (χ0v) is 10.9. The van der Waals surface area contributed by atoms with Crippen molar-refractivity contribution < 1.29 is 13.2 Å². The lowest BCUT2D eigenvalue weighted by Gasteiger charge is -2.10. The molecule has 1 heterocycles. The number of furan rings is 1. The zero-order chi connectivity index (χ0) is 14.3. The number of nitrogens with two attached hydrogens (primary N) is 1. The Morgan fingerprint density at radius 2 is 1.80 bits per heavy atom. The van der Waals surface area contributed by atoms with Crippen LogP contribution >= 0.6 is 0 Å². The fraction of sp³-hybridized carbons (Fsp3) is 0.125. The summed E-state index contributed by atoms with van der Waals surface area (Å²) >= 11 is 0. The third kappa shape index (κ3) is 2.08. The van der Waals surface area contributed by atoms with E-state index in [0.717, 1.165) is 5.56 Å². The molecule has 1 aromatic heterocycles. The van der Waals surface area contributed by atoms with E-state index in [1.165, 1.54) is 24.3 Å².